The molecule has 1 aromatic rings. The Kier molecular flexibility index (Phi) is 6.62. The maximum absolute atomic E-state index is 13.2. The molecule has 2 N–H and O–H groups in total. The summed E-state index contributed by atoms with van der Waals surface area (Å²) >= 11 is 0. The molecular weight excluding hydrogens is 343 g/mol. The number of halogens is 3. The smallest absolute Gasteiger partial charge is 0.314 e. The molecule has 5 nitrogen and oxygen atoms in total. The van der Waals surface area contributed by atoms with Crippen molar-refractivity contribution in [3.63, 3.8) is 0 Å². The van der Waals surface area contributed by atoms with Crippen LogP contribution in [0, 0.1) is 0 Å². The lowest BCUT2D eigenvalue weighted by Gasteiger charge is -2.35. The van der Waals surface area contributed by atoms with Crippen LogP contribution in [0.2, 0.25) is 0 Å². The Hall–Kier alpha value is -1.16. The molecule has 136 valence electrons. The molecule has 0 aromatic heterocycles. The molecule has 0 radical (unpaired) electrons. The summed E-state index contributed by atoms with van der Waals surface area (Å²) in [4.78, 5) is 1.27. The Balaban J connectivity index is 1.91. The Morgan fingerprint density at radius 3 is 2.38 bits per heavy atom. The molecule has 1 unspecified atom stereocenters. The topological polar surface area (TPSA) is 61.4 Å². The molecule has 2 rings (SSSR count). The van der Waals surface area contributed by atoms with Crippen LogP contribution in [-0.2, 0) is 16.4 Å². The van der Waals surface area contributed by atoms with Crippen molar-refractivity contribution in [2.75, 3.05) is 38.5 Å². The maximum atomic E-state index is 13.2. The molecule has 0 bridgehead atoms. The SMILES string of the molecule is O=S(=O)(CCc1ccccc1)NCC(N1CCNCC1)C(F)(F)F. The van der Waals surface area contributed by atoms with Gasteiger partial charge in [0, 0.05) is 32.7 Å². The van der Waals surface area contributed by atoms with Gasteiger partial charge in [0.1, 0.15) is 6.04 Å². The summed E-state index contributed by atoms with van der Waals surface area (Å²) in [5, 5.41) is 2.98. The molecule has 0 amide bonds. The summed E-state index contributed by atoms with van der Waals surface area (Å²) in [6.07, 6.45) is -4.21. The van der Waals surface area contributed by atoms with Gasteiger partial charge >= 0.3 is 6.18 Å². The number of hydrogen-bond donors (Lipinski definition) is 2. The molecule has 0 aliphatic carbocycles. The van der Waals surface area contributed by atoms with Gasteiger partial charge in [-0.25, -0.2) is 13.1 Å². The van der Waals surface area contributed by atoms with Crippen molar-refractivity contribution in [1.29, 1.82) is 0 Å². The normalized spacial score (nSPS) is 18.5. The summed E-state index contributed by atoms with van der Waals surface area (Å²) in [6, 6.07) is 7.17. The monoisotopic (exact) mass is 365 g/mol. The quantitative estimate of drug-likeness (QED) is 0.756. The maximum Gasteiger partial charge on any atom is 0.405 e. The summed E-state index contributed by atoms with van der Waals surface area (Å²) in [5.74, 6) is -0.233. The van der Waals surface area contributed by atoms with Gasteiger partial charge in [-0.2, -0.15) is 13.2 Å². The van der Waals surface area contributed by atoms with Gasteiger partial charge in [0.05, 0.1) is 5.75 Å². The Bertz CT molecular complexity index is 602. The van der Waals surface area contributed by atoms with Crippen molar-refractivity contribution < 1.29 is 21.6 Å². The van der Waals surface area contributed by atoms with Crippen molar-refractivity contribution in [2.24, 2.45) is 0 Å². The number of sulfonamides is 1. The molecule has 1 saturated heterocycles. The lowest BCUT2D eigenvalue weighted by molar-refractivity contribution is -0.182. The fourth-order valence-corrected chi connectivity index (χ4v) is 3.68. The number of aryl methyl sites for hydroxylation is 1. The van der Waals surface area contributed by atoms with Crippen LogP contribution in [0.4, 0.5) is 13.2 Å². The van der Waals surface area contributed by atoms with Gasteiger partial charge in [-0.15, -0.1) is 0 Å². The van der Waals surface area contributed by atoms with Crippen LogP contribution in [0.5, 0.6) is 0 Å². The van der Waals surface area contributed by atoms with E-state index < -0.39 is 28.8 Å². The largest absolute Gasteiger partial charge is 0.405 e. The molecule has 1 atom stereocenters. The number of piperazine rings is 1. The van der Waals surface area contributed by atoms with Gasteiger partial charge in [0.25, 0.3) is 0 Å². The van der Waals surface area contributed by atoms with Gasteiger partial charge in [-0.05, 0) is 12.0 Å². The molecule has 9 heteroatoms. The predicted molar refractivity (Wildman–Crippen MR) is 86.2 cm³/mol. The number of alkyl halides is 3. The molecule has 24 heavy (non-hydrogen) atoms. The Morgan fingerprint density at radius 1 is 1.17 bits per heavy atom. The van der Waals surface area contributed by atoms with Crippen LogP contribution in [-0.4, -0.2) is 64.0 Å². The lowest BCUT2D eigenvalue weighted by Crippen LogP contribution is -2.57. The number of benzene rings is 1. The van der Waals surface area contributed by atoms with Crippen LogP contribution in [0.1, 0.15) is 5.56 Å². The fourth-order valence-electron chi connectivity index (χ4n) is 2.62. The summed E-state index contributed by atoms with van der Waals surface area (Å²) < 4.78 is 65.8. The summed E-state index contributed by atoms with van der Waals surface area (Å²) in [5.41, 5.74) is 0.831. The second-order valence-electron chi connectivity index (χ2n) is 5.75. The van der Waals surface area contributed by atoms with E-state index in [9.17, 15) is 21.6 Å². The first-order chi connectivity index (χ1) is 11.3. The van der Waals surface area contributed by atoms with E-state index in [1.807, 2.05) is 6.07 Å². The molecule has 0 spiro atoms. The minimum absolute atomic E-state index is 0.233. The summed E-state index contributed by atoms with van der Waals surface area (Å²) in [6.45, 7) is 0.771. The van der Waals surface area contributed by atoms with Crippen molar-refractivity contribution in [3.05, 3.63) is 35.9 Å². The highest BCUT2D eigenvalue weighted by molar-refractivity contribution is 7.89. The first-order valence-electron chi connectivity index (χ1n) is 7.81. The second kappa shape index (κ2) is 8.28. The average molecular weight is 365 g/mol. The van der Waals surface area contributed by atoms with Crippen LogP contribution >= 0.6 is 0 Å². The highest BCUT2D eigenvalue weighted by atomic mass is 32.2. The minimum atomic E-state index is -4.47. The number of nitrogens with zero attached hydrogens (tertiary/aromatic N) is 1. The minimum Gasteiger partial charge on any atom is -0.314 e. The molecule has 1 aliphatic heterocycles. The van der Waals surface area contributed by atoms with Crippen LogP contribution in [0.25, 0.3) is 0 Å². The van der Waals surface area contributed by atoms with Gasteiger partial charge in [-0.1, -0.05) is 30.3 Å². The van der Waals surface area contributed by atoms with Crippen molar-refractivity contribution in [1.82, 2.24) is 14.9 Å². The molecule has 1 fully saturated rings. The zero-order valence-corrected chi connectivity index (χ0v) is 14.0. The molecule has 1 aliphatic rings. The Labute approximate surface area is 140 Å². The third-order valence-electron chi connectivity index (χ3n) is 3.97. The average Bonchev–Trinajstić information content (AvgIpc) is 2.54. The summed E-state index contributed by atoms with van der Waals surface area (Å²) in [7, 11) is -3.77. The lowest BCUT2D eigenvalue weighted by atomic mass is 10.2. The Morgan fingerprint density at radius 2 is 1.79 bits per heavy atom. The standard InChI is InChI=1S/C15H22F3N3O2S/c16-15(17,18)14(21-9-7-19-8-10-21)12-20-24(22,23)11-6-13-4-2-1-3-5-13/h1-5,14,19-20H,6-12H2. The zero-order chi connectivity index (χ0) is 17.6. The van der Waals surface area contributed by atoms with E-state index in [1.165, 1.54) is 4.90 Å². The molecular formula is C15H22F3N3O2S. The number of hydrogen-bond acceptors (Lipinski definition) is 4. The first kappa shape index (κ1) is 19.2. The van der Waals surface area contributed by atoms with Gasteiger partial charge < -0.3 is 5.32 Å². The third-order valence-corrected chi connectivity index (χ3v) is 5.32. The first-order valence-corrected chi connectivity index (χ1v) is 9.46. The van der Waals surface area contributed by atoms with Crippen LogP contribution < -0.4 is 10.0 Å². The number of nitrogens with one attached hydrogen (secondary N) is 2. The molecule has 1 aromatic carbocycles. The van der Waals surface area contributed by atoms with Crippen molar-refractivity contribution in [2.45, 2.75) is 18.6 Å². The van der Waals surface area contributed by atoms with E-state index in [0.717, 1.165) is 5.56 Å². The highest BCUT2D eigenvalue weighted by Gasteiger charge is 2.44. The van der Waals surface area contributed by atoms with Gasteiger partial charge in [0.15, 0.2) is 0 Å². The van der Waals surface area contributed by atoms with Crippen LogP contribution in [0.15, 0.2) is 30.3 Å². The number of rotatable bonds is 7. The van der Waals surface area contributed by atoms with E-state index in [-0.39, 0.29) is 25.3 Å². The zero-order valence-electron chi connectivity index (χ0n) is 13.2. The highest BCUT2D eigenvalue weighted by Crippen LogP contribution is 2.25. The van der Waals surface area contributed by atoms with E-state index >= 15 is 0 Å². The van der Waals surface area contributed by atoms with E-state index in [4.69, 9.17) is 0 Å². The fraction of sp³-hybridized carbons (Fsp3) is 0.600. The molecule has 0 saturated carbocycles. The van der Waals surface area contributed by atoms with E-state index in [1.54, 1.807) is 24.3 Å². The van der Waals surface area contributed by atoms with Gasteiger partial charge in [0.2, 0.25) is 10.0 Å². The third kappa shape index (κ3) is 6.04. The van der Waals surface area contributed by atoms with E-state index in [0.29, 0.717) is 13.1 Å². The molecule has 1 heterocycles. The van der Waals surface area contributed by atoms with Crippen molar-refractivity contribution in [3.8, 4) is 0 Å². The second-order valence-corrected chi connectivity index (χ2v) is 7.67. The van der Waals surface area contributed by atoms with Gasteiger partial charge in [-0.3, -0.25) is 4.90 Å². The van der Waals surface area contributed by atoms with E-state index in [2.05, 4.69) is 10.0 Å². The van der Waals surface area contributed by atoms with Crippen molar-refractivity contribution >= 4 is 10.0 Å². The van der Waals surface area contributed by atoms with Crippen LogP contribution in [0.3, 0.4) is 0 Å². The predicted octanol–water partition coefficient (Wildman–Crippen LogP) is 0.985.